The first-order chi connectivity index (χ1) is 12.4. The van der Waals surface area contributed by atoms with E-state index in [9.17, 15) is 4.79 Å². The Bertz CT molecular complexity index is 821. The van der Waals surface area contributed by atoms with E-state index >= 15 is 0 Å². The Balaban J connectivity index is 1.62. The summed E-state index contributed by atoms with van der Waals surface area (Å²) in [4.78, 5) is 20.4. The van der Waals surface area contributed by atoms with Crippen LogP contribution in [-0.4, -0.2) is 50.7 Å². The number of amides is 1. The highest BCUT2D eigenvalue weighted by molar-refractivity contribution is 6.05. The second-order valence-electron chi connectivity index (χ2n) is 8.35. The molecule has 140 valence electrons. The molecule has 2 aromatic rings. The number of likely N-dealkylation sites (tertiary alicyclic amines) is 1. The molecule has 1 aliphatic carbocycles. The third kappa shape index (κ3) is 3.22. The van der Waals surface area contributed by atoms with E-state index < -0.39 is 0 Å². The summed E-state index contributed by atoms with van der Waals surface area (Å²) < 4.78 is 1.91. The van der Waals surface area contributed by atoms with Crippen molar-refractivity contribution in [2.24, 2.45) is 0 Å². The fraction of sp³-hybridized carbons (Fsp3) is 0.650. The molecule has 1 aliphatic heterocycles. The molecule has 1 amide bonds. The van der Waals surface area contributed by atoms with Crippen LogP contribution in [0, 0.1) is 0 Å². The zero-order valence-electron chi connectivity index (χ0n) is 16.2. The maximum Gasteiger partial charge on any atom is 0.252 e. The minimum absolute atomic E-state index is 0.00486. The molecule has 1 atom stereocenters. The largest absolute Gasteiger partial charge is 0.348 e. The summed E-state index contributed by atoms with van der Waals surface area (Å²) in [5, 5.41) is 8.58. The minimum atomic E-state index is 0.00486. The van der Waals surface area contributed by atoms with Crippen molar-refractivity contribution in [3.8, 4) is 0 Å². The molecular weight excluding hydrogens is 326 g/mol. The van der Waals surface area contributed by atoms with Gasteiger partial charge in [-0.1, -0.05) is 13.8 Å². The predicted octanol–water partition coefficient (Wildman–Crippen LogP) is 3.10. The summed E-state index contributed by atoms with van der Waals surface area (Å²) in [6, 6.07) is 3.16. The van der Waals surface area contributed by atoms with Gasteiger partial charge in [-0.25, -0.2) is 9.67 Å². The summed E-state index contributed by atoms with van der Waals surface area (Å²) in [5.74, 6) is 0.267. The SMILES string of the molecule is CC(C)c1cc(C(=O)NC2CCN(C3CC3)C2)c2cnn(C(C)C)c2n1. The summed E-state index contributed by atoms with van der Waals surface area (Å²) in [6.07, 6.45) is 5.46. The Morgan fingerprint density at radius 1 is 1.23 bits per heavy atom. The van der Waals surface area contributed by atoms with Crippen LogP contribution in [0.1, 0.15) is 75.0 Å². The third-order valence-corrected chi connectivity index (χ3v) is 5.53. The lowest BCUT2D eigenvalue weighted by Crippen LogP contribution is -2.37. The van der Waals surface area contributed by atoms with Gasteiger partial charge in [0, 0.05) is 36.9 Å². The fourth-order valence-electron chi connectivity index (χ4n) is 3.84. The van der Waals surface area contributed by atoms with Crippen LogP contribution in [0.25, 0.3) is 11.0 Å². The molecule has 2 fully saturated rings. The van der Waals surface area contributed by atoms with Gasteiger partial charge >= 0.3 is 0 Å². The number of rotatable bonds is 5. The summed E-state index contributed by atoms with van der Waals surface area (Å²) in [7, 11) is 0. The Hall–Kier alpha value is -1.95. The normalized spacial score (nSPS) is 21.2. The molecular formula is C20H29N5O. The molecule has 2 aliphatic rings. The molecule has 0 radical (unpaired) electrons. The number of hydrogen-bond acceptors (Lipinski definition) is 4. The van der Waals surface area contributed by atoms with E-state index in [4.69, 9.17) is 4.98 Å². The number of fused-ring (bicyclic) bond motifs is 1. The van der Waals surface area contributed by atoms with E-state index in [0.717, 1.165) is 42.3 Å². The minimum Gasteiger partial charge on any atom is -0.348 e. The lowest BCUT2D eigenvalue weighted by molar-refractivity contribution is 0.0939. The van der Waals surface area contributed by atoms with Crippen molar-refractivity contribution in [3.05, 3.63) is 23.5 Å². The van der Waals surface area contributed by atoms with Crippen LogP contribution in [-0.2, 0) is 0 Å². The number of carbonyl (C=O) groups is 1. The van der Waals surface area contributed by atoms with Gasteiger partial charge in [0.25, 0.3) is 5.91 Å². The summed E-state index contributed by atoms with van der Waals surface area (Å²) in [5.41, 5.74) is 2.45. The highest BCUT2D eigenvalue weighted by Crippen LogP contribution is 2.30. The van der Waals surface area contributed by atoms with Crippen molar-refractivity contribution in [1.29, 1.82) is 0 Å². The number of nitrogens with one attached hydrogen (secondary N) is 1. The first-order valence-corrected chi connectivity index (χ1v) is 9.87. The standard InChI is InChI=1S/C20H29N5O/c1-12(2)18-9-16(17-10-21-25(13(3)4)19(17)23-18)20(26)22-14-7-8-24(11-14)15-5-6-15/h9-10,12-15H,5-8,11H2,1-4H3,(H,22,26). The molecule has 26 heavy (non-hydrogen) atoms. The quantitative estimate of drug-likeness (QED) is 0.895. The van der Waals surface area contributed by atoms with E-state index in [0.29, 0.717) is 5.56 Å². The first kappa shape index (κ1) is 17.5. The first-order valence-electron chi connectivity index (χ1n) is 9.87. The van der Waals surface area contributed by atoms with Gasteiger partial charge < -0.3 is 5.32 Å². The van der Waals surface area contributed by atoms with Gasteiger partial charge in [-0.05, 0) is 45.1 Å². The maximum atomic E-state index is 13.1. The highest BCUT2D eigenvalue weighted by atomic mass is 16.1. The molecule has 0 bridgehead atoms. The van der Waals surface area contributed by atoms with Crippen molar-refractivity contribution >= 4 is 16.9 Å². The second-order valence-corrected chi connectivity index (χ2v) is 8.35. The van der Waals surface area contributed by atoms with Crippen molar-refractivity contribution in [2.45, 2.75) is 71.0 Å². The molecule has 2 aromatic heterocycles. The van der Waals surface area contributed by atoms with Gasteiger partial charge in [-0.3, -0.25) is 9.69 Å². The van der Waals surface area contributed by atoms with E-state index in [1.54, 1.807) is 6.20 Å². The van der Waals surface area contributed by atoms with Crippen LogP contribution >= 0.6 is 0 Å². The van der Waals surface area contributed by atoms with Crippen molar-refractivity contribution in [1.82, 2.24) is 25.0 Å². The molecule has 0 aromatic carbocycles. The number of aromatic nitrogens is 3. The summed E-state index contributed by atoms with van der Waals surface area (Å²) in [6.45, 7) is 10.5. The highest BCUT2D eigenvalue weighted by Gasteiger charge is 2.35. The monoisotopic (exact) mass is 355 g/mol. The molecule has 1 unspecified atom stereocenters. The molecule has 1 N–H and O–H groups in total. The Labute approximate surface area is 155 Å². The predicted molar refractivity (Wildman–Crippen MR) is 102 cm³/mol. The van der Waals surface area contributed by atoms with Gasteiger partial charge in [-0.2, -0.15) is 5.10 Å². The molecule has 0 spiro atoms. The molecule has 1 saturated carbocycles. The topological polar surface area (TPSA) is 63.1 Å². The third-order valence-electron chi connectivity index (χ3n) is 5.53. The van der Waals surface area contributed by atoms with Crippen LogP contribution < -0.4 is 5.32 Å². The molecule has 6 nitrogen and oxygen atoms in total. The van der Waals surface area contributed by atoms with Crippen LogP contribution in [0.5, 0.6) is 0 Å². The zero-order chi connectivity index (χ0) is 18.4. The number of nitrogens with zero attached hydrogens (tertiary/aromatic N) is 4. The zero-order valence-corrected chi connectivity index (χ0v) is 16.2. The Morgan fingerprint density at radius 2 is 2.00 bits per heavy atom. The Morgan fingerprint density at radius 3 is 2.65 bits per heavy atom. The lowest BCUT2D eigenvalue weighted by atomic mass is 10.0. The van der Waals surface area contributed by atoms with Crippen LogP contribution in [0.2, 0.25) is 0 Å². The van der Waals surface area contributed by atoms with Crippen molar-refractivity contribution in [3.63, 3.8) is 0 Å². The van der Waals surface area contributed by atoms with Crippen LogP contribution in [0.15, 0.2) is 12.3 Å². The number of carbonyl (C=O) groups excluding carboxylic acids is 1. The number of pyridine rings is 1. The van der Waals surface area contributed by atoms with Crippen LogP contribution in [0.3, 0.4) is 0 Å². The van der Waals surface area contributed by atoms with Gasteiger partial charge in [0.15, 0.2) is 5.65 Å². The van der Waals surface area contributed by atoms with E-state index in [-0.39, 0.29) is 23.9 Å². The fourth-order valence-corrected chi connectivity index (χ4v) is 3.84. The van der Waals surface area contributed by atoms with E-state index in [1.165, 1.54) is 12.8 Å². The van der Waals surface area contributed by atoms with E-state index in [1.807, 2.05) is 10.7 Å². The van der Waals surface area contributed by atoms with Crippen molar-refractivity contribution in [2.75, 3.05) is 13.1 Å². The smallest absolute Gasteiger partial charge is 0.252 e. The number of hydrogen-bond donors (Lipinski definition) is 1. The molecule has 1 saturated heterocycles. The van der Waals surface area contributed by atoms with Gasteiger partial charge in [-0.15, -0.1) is 0 Å². The Kier molecular flexibility index (Phi) is 4.47. The molecule has 3 heterocycles. The van der Waals surface area contributed by atoms with Gasteiger partial charge in [0.2, 0.25) is 0 Å². The average Bonchev–Trinajstić information content (AvgIpc) is 3.18. The van der Waals surface area contributed by atoms with Crippen LogP contribution in [0.4, 0.5) is 0 Å². The van der Waals surface area contributed by atoms with Gasteiger partial charge in [0.05, 0.1) is 17.1 Å². The second kappa shape index (κ2) is 6.65. The summed E-state index contributed by atoms with van der Waals surface area (Å²) >= 11 is 0. The van der Waals surface area contributed by atoms with Gasteiger partial charge in [0.1, 0.15) is 0 Å². The van der Waals surface area contributed by atoms with E-state index in [2.05, 4.69) is 43.0 Å². The molecule has 6 heteroatoms. The van der Waals surface area contributed by atoms with Crippen molar-refractivity contribution < 1.29 is 4.79 Å². The average molecular weight is 355 g/mol. The lowest BCUT2D eigenvalue weighted by Gasteiger charge is -2.17. The molecule has 4 rings (SSSR count). The maximum absolute atomic E-state index is 13.1.